The molecule has 0 unspecified atom stereocenters. The molecule has 0 radical (unpaired) electrons. The molecule has 0 spiro atoms. The van der Waals surface area contributed by atoms with E-state index in [9.17, 15) is 4.79 Å². The highest BCUT2D eigenvalue weighted by molar-refractivity contribution is 8.27. The molecule has 0 aliphatic carbocycles. The van der Waals surface area contributed by atoms with Crippen LogP contribution in [0.2, 0.25) is 15.1 Å². The highest BCUT2D eigenvalue weighted by Crippen LogP contribution is 2.38. The number of anilines is 1. The van der Waals surface area contributed by atoms with Crippen molar-refractivity contribution in [3.05, 3.63) is 97.8 Å². The van der Waals surface area contributed by atoms with Gasteiger partial charge in [0.05, 0.1) is 20.6 Å². The third kappa shape index (κ3) is 5.08. The van der Waals surface area contributed by atoms with E-state index in [1.807, 2.05) is 48.5 Å². The molecule has 3 aromatic carbocycles. The number of halogens is 3. The number of ether oxygens (including phenoxy) is 1. The summed E-state index contributed by atoms with van der Waals surface area (Å²) in [4.78, 5) is 14.9. The molecular formula is C23H14Cl3NO2S2. The van der Waals surface area contributed by atoms with Crippen LogP contribution in [0.4, 0.5) is 5.69 Å². The van der Waals surface area contributed by atoms with Crippen LogP contribution in [0, 0.1) is 0 Å². The molecule has 156 valence electrons. The van der Waals surface area contributed by atoms with Crippen molar-refractivity contribution in [2.75, 3.05) is 4.90 Å². The van der Waals surface area contributed by atoms with Crippen molar-refractivity contribution in [3.8, 4) is 5.75 Å². The zero-order valence-electron chi connectivity index (χ0n) is 15.8. The van der Waals surface area contributed by atoms with Crippen molar-refractivity contribution in [2.45, 2.75) is 6.61 Å². The fourth-order valence-corrected chi connectivity index (χ4v) is 4.68. The summed E-state index contributed by atoms with van der Waals surface area (Å²) in [5.41, 5.74) is 2.36. The van der Waals surface area contributed by atoms with E-state index in [0.717, 1.165) is 11.1 Å². The Labute approximate surface area is 204 Å². The second-order valence-electron chi connectivity index (χ2n) is 6.56. The standard InChI is InChI=1S/C23H14Cl3NO2S2/c24-18-4-2-1-3-15(18)13-29-17-8-5-14(6-9-17)11-21-22(28)27(23(30)31-21)16-7-10-19(25)20(26)12-16/h1-12H,13H2/b21-11-. The molecule has 3 nitrogen and oxygen atoms in total. The van der Waals surface area contributed by atoms with Gasteiger partial charge < -0.3 is 4.74 Å². The van der Waals surface area contributed by atoms with E-state index in [2.05, 4.69) is 0 Å². The van der Waals surface area contributed by atoms with E-state index in [1.165, 1.54) is 16.7 Å². The lowest BCUT2D eigenvalue weighted by Crippen LogP contribution is -2.27. The molecule has 1 saturated heterocycles. The fourth-order valence-electron chi connectivity index (χ4n) is 2.90. The van der Waals surface area contributed by atoms with Crippen molar-refractivity contribution in [2.24, 2.45) is 0 Å². The highest BCUT2D eigenvalue weighted by Gasteiger charge is 2.33. The SMILES string of the molecule is O=C1/C(=C/c2ccc(OCc3ccccc3Cl)cc2)SC(=S)N1c1ccc(Cl)c(Cl)c1. The molecule has 1 aliphatic heterocycles. The molecule has 1 fully saturated rings. The van der Waals surface area contributed by atoms with E-state index in [-0.39, 0.29) is 5.91 Å². The van der Waals surface area contributed by atoms with Gasteiger partial charge in [0, 0.05) is 10.6 Å². The maximum atomic E-state index is 12.9. The van der Waals surface area contributed by atoms with Crippen molar-refractivity contribution in [1.82, 2.24) is 0 Å². The number of amides is 1. The van der Waals surface area contributed by atoms with Gasteiger partial charge >= 0.3 is 0 Å². The van der Waals surface area contributed by atoms with Crippen LogP contribution >= 0.6 is 58.8 Å². The minimum absolute atomic E-state index is 0.201. The van der Waals surface area contributed by atoms with Gasteiger partial charge in [0.1, 0.15) is 12.4 Å². The number of carbonyl (C=O) groups is 1. The number of benzene rings is 3. The summed E-state index contributed by atoms with van der Waals surface area (Å²) in [5.74, 6) is 0.507. The summed E-state index contributed by atoms with van der Waals surface area (Å²) in [6.07, 6.45) is 1.80. The molecule has 0 bridgehead atoms. The molecule has 0 saturated carbocycles. The quantitative estimate of drug-likeness (QED) is 0.263. The summed E-state index contributed by atoms with van der Waals surface area (Å²) in [6, 6.07) is 20.0. The Balaban J connectivity index is 1.47. The number of thiocarbonyl (C=S) groups is 1. The van der Waals surface area contributed by atoms with Gasteiger partial charge in [0.15, 0.2) is 4.32 Å². The molecule has 3 aromatic rings. The summed E-state index contributed by atoms with van der Waals surface area (Å²) in [6.45, 7) is 0.376. The van der Waals surface area contributed by atoms with Crippen molar-refractivity contribution >= 4 is 80.8 Å². The smallest absolute Gasteiger partial charge is 0.270 e. The second-order valence-corrected chi connectivity index (χ2v) is 9.46. The molecular weight excluding hydrogens is 493 g/mol. The molecule has 1 amide bonds. The minimum Gasteiger partial charge on any atom is -0.489 e. The van der Waals surface area contributed by atoms with Gasteiger partial charge in [-0.1, -0.05) is 89.1 Å². The van der Waals surface area contributed by atoms with Crippen LogP contribution in [0.1, 0.15) is 11.1 Å². The first-order valence-electron chi connectivity index (χ1n) is 9.11. The summed E-state index contributed by atoms with van der Waals surface area (Å²) < 4.78 is 6.24. The summed E-state index contributed by atoms with van der Waals surface area (Å²) in [7, 11) is 0. The monoisotopic (exact) mass is 505 g/mol. The zero-order valence-corrected chi connectivity index (χ0v) is 19.8. The number of rotatable bonds is 5. The lowest BCUT2D eigenvalue weighted by atomic mass is 10.2. The van der Waals surface area contributed by atoms with E-state index in [1.54, 1.807) is 24.3 Å². The largest absolute Gasteiger partial charge is 0.489 e. The van der Waals surface area contributed by atoms with Crippen LogP contribution in [0.3, 0.4) is 0 Å². The average Bonchev–Trinajstić information content (AvgIpc) is 3.03. The van der Waals surface area contributed by atoms with Crippen LogP contribution < -0.4 is 9.64 Å². The Kier molecular flexibility index (Phi) is 6.89. The van der Waals surface area contributed by atoms with Crippen molar-refractivity contribution in [1.29, 1.82) is 0 Å². The summed E-state index contributed by atoms with van der Waals surface area (Å²) >= 11 is 24.9. The van der Waals surface area contributed by atoms with Gasteiger partial charge in [0.25, 0.3) is 5.91 Å². The van der Waals surface area contributed by atoms with Crippen LogP contribution in [-0.4, -0.2) is 10.2 Å². The molecule has 1 aliphatic rings. The van der Waals surface area contributed by atoms with Crippen LogP contribution in [0.25, 0.3) is 6.08 Å². The minimum atomic E-state index is -0.201. The van der Waals surface area contributed by atoms with Crippen LogP contribution in [0.15, 0.2) is 71.6 Å². The predicted molar refractivity (Wildman–Crippen MR) is 134 cm³/mol. The van der Waals surface area contributed by atoms with Crippen LogP contribution in [-0.2, 0) is 11.4 Å². The Morgan fingerprint density at radius 1 is 0.935 bits per heavy atom. The van der Waals surface area contributed by atoms with E-state index in [0.29, 0.717) is 42.3 Å². The third-order valence-corrected chi connectivity index (χ3v) is 6.90. The van der Waals surface area contributed by atoms with E-state index in [4.69, 9.17) is 51.8 Å². The molecule has 0 atom stereocenters. The molecule has 8 heteroatoms. The van der Waals surface area contributed by atoms with E-state index < -0.39 is 0 Å². The fraction of sp³-hybridized carbons (Fsp3) is 0.0435. The normalized spacial score (nSPS) is 15.1. The van der Waals surface area contributed by atoms with Gasteiger partial charge in [0.2, 0.25) is 0 Å². The number of thioether (sulfide) groups is 1. The first-order chi connectivity index (χ1) is 14.9. The molecule has 1 heterocycles. The second kappa shape index (κ2) is 9.63. The topological polar surface area (TPSA) is 29.5 Å². The Morgan fingerprint density at radius 3 is 2.39 bits per heavy atom. The third-order valence-electron chi connectivity index (χ3n) is 4.49. The zero-order chi connectivity index (χ0) is 22.0. The average molecular weight is 507 g/mol. The maximum Gasteiger partial charge on any atom is 0.270 e. The molecule has 4 rings (SSSR count). The Bertz CT molecular complexity index is 1200. The number of hydrogen-bond acceptors (Lipinski definition) is 4. The summed E-state index contributed by atoms with van der Waals surface area (Å²) in [5, 5.41) is 1.45. The van der Waals surface area contributed by atoms with Crippen molar-refractivity contribution < 1.29 is 9.53 Å². The highest BCUT2D eigenvalue weighted by atomic mass is 35.5. The van der Waals surface area contributed by atoms with Crippen molar-refractivity contribution in [3.63, 3.8) is 0 Å². The predicted octanol–water partition coefficient (Wildman–Crippen LogP) is 7.63. The van der Waals surface area contributed by atoms with E-state index >= 15 is 0 Å². The van der Waals surface area contributed by atoms with Gasteiger partial charge in [-0.15, -0.1) is 0 Å². The van der Waals surface area contributed by atoms with Gasteiger partial charge in [-0.3, -0.25) is 9.69 Å². The number of hydrogen-bond donors (Lipinski definition) is 0. The number of nitrogens with zero attached hydrogens (tertiary/aromatic N) is 1. The number of carbonyl (C=O) groups excluding carboxylic acids is 1. The van der Waals surface area contributed by atoms with Gasteiger partial charge in [-0.2, -0.15) is 0 Å². The lowest BCUT2D eigenvalue weighted by Gasteiger charge is -2.15. The van der Waals surface area contributed by atoms with Gasteiger partial charge in [-0.25, -0.2) is 0 Å². The Morgan fingerprint density at radius 2 is 1.68 bits per heavy atom. The first kappa shape index (κ1) is 22.2. The maximum absolute atomic E-state index is 12.9. The van der Waals surface area contributed by atoms with Gasteiger partial charge in [-0.05, 0) is 48.0 Å². The lowest BCUT2D eigenvalue weighted by molar-refractivity contribution is -0.113. The molecule has 31 heavy (non-hydrogen) atoms. The van der Waals surface area contributed by atoms with Crippen LogP contribution in [0.5, 0.6) is 5.75 Å². The molecule has 0 N–H and O–H groups in total. The Hall–Kier alpha value is -2.02. The first-order valence-corrected chi connectivity index (χ1v) is 11.5. The molecule has 0 aromatic heterocycles.